The minimum absolute atomic E-state index is 0.564. The number of hydrogen-bond donors (Lipinski definition) is 0. The van der Waals surface area contributed by atoms with E-state index in [1.54, 1.807) is 0 Å². The molecule has 0 fully saturated rings. The van der Waals surface area contributed by atoms with Gasteiger partial charge in [0.25, 0.3) is 0 Å². The average molecular weight is 873 g/mol. The van der Waals surface area contributed by atoms with Crippen LogP contribution in [0.1, 0.15) is 54.8 Å². The predicted octanol–water partition coefficient (Wildman–Crippen LogP) is 12.8. The smallest absolute Gasteiger partial charge is 0.179 e. The summed E-state index contributed by atoms with van der Waals surface area (Å²) in [6.45, 7) is 0. The number of furan rings is 1. The van der Waals surface area contributed by atoms with E-state index in [4.69, 9.17) is 30.5 Å². The minimum atomic E-state index is -6.87. The number of hydrogen-bond acceptors (Lipinski definition) is 1. The van der Waals surface area contributed by atoms with Crippen molar-refractivity contribution in [3.05, 3.63) is 242 Å². The second-order valence-corrected chi connectivity index (χ2v) is 17.3. The Morgan fingerprint density at radius 3 is 1.45 bits per heavy atom. The third-order valence-electron chi connectivity index (χ3n) is 10.6. The quantitative estimate of drug-likeness (QED) is 0.116. The van der Waals surface area contributed by atoms with Crippen LogP contribution in [-0.2, 0) is 0 Å². The lowest BCUT2D eigenvalue weighted by atomic mass is 10.1. The van der Waals surface area contributed by atoms with E-state index in [1.165, 1.54) is 0 Å². The van der Waals surface area contributed by atoms with E-state index in [9.17, 15) is 28.8 Å². The van der Waals surface area contributed by atoms with Gasteiger partial charge in [0.1, 0.15) is 5.58 Å². The van der Waals surface area contributed by atoms with E-state index in [0.29, 0.717) is 4.57 Å². The molecule has 0 bridgehead atoms. The van der Waals surface area contributed by atoms with Gasteiger partial charge in [-0.25, -0.2) is 0 Å². The maximum Gasteiger partial charge on any atom is 0.179 e. The minimum Gasteiger partial charge on any atom is -0.454 e. The molecule has 3 heterocycles. The molecule has 0 aliphatic heterocycles. The second-order valence-electron chi connectivity index (χ2n) is 13.8. The Morgan fingerprint density at radius 1 is 0.359 bits per heavy atom. The van der Waals surface area contributed by atoms with E-state index >= 15 is 0 Å². The average Bonchev–Trinajstić information content (AvgIpc) is 1.09. The molecule has 0 N–H and O–H groups in total. The van der Waals surface area contributed by atoms with E-state index in [1.807, 2.05) is 0 Å². The number of aromatic nitrogens is 2. The molecular formula is C60H40N2OSi. The van der Waals surface area contributed by atoms with Crippen LogP contribution in [-0.4, -0.2) is 17.2 Å². The topological polar surface area (TPSA) is 23.0 Å². The summed E-state index contributed by atoms with van der Waals surface area (Å²) in [5.74, 6) is 0. The lowest BCUT2D eigenvalue weighted by molar-refractivity contribution is 0.666. The number of rotatable bonds is 7. The third kappa shape index (κ3) is 5.33. The van der Waals surface area contributed by atoms with Crippen molar-refractivity contribution in [2.45, 2.75) is 0 Å². The van der Waals surface area contributed by atoms with Gasteiger partial charge in [-0.2, -0.15) is 0 Å². The Labute approximate surface area is 427 Å². The van der Waals surface area contributed by atoms with Crippen LogP contribution in [0.3, 0.4) is 0 Å². The van der Waals surface area contributed by atoms with Crippen LogP contribution in [0.2, 0.25) is 0 Å². The van der Waals surface area contributed by atoms with Gasteiger partial charge in [0.05, 0.1) is 88.0 Å². The number of para-hydroxylation sites is 4. The number of benzene rings is 10. The second kappa shape index (κ2) is 14.5. The molecular weight excluding hydrogens is 793 g/mol. The largest absolute Gasteiger partial charge is 0.454 e. The van der Waals surface area contributed by atoms with Gasteiger partial charge in [-0.05, 0) is 74.2 Å². The van der Waals surface area contributed by atoms with E-state index in [-0.39, 0.29) is 0 Å². The molecule has 13 aromatic rings. The summed E-state index contributed by atoms with van der Waals surface area (Å²) in [4.78, 5) is 0. The first kappa shape index (κ1) is 14.4. The van der Waals surface area contributed by atoms with Gasteiger partial charge in [-0.3, -0.25) is 0 Å². The maximum absolute atomic E-state index is 10.6. The highest BCUT2D eigenvalue weighted by molar-refractivity contribution is 7.19. The fourth-order valence-corrected chi connectivity index (χ4v) is 11.6. The highest BCUT2D eigenvalue weighted by Crippen LogP contribution is 2.45. The van der Waals surface area contributed by atoms with Crippen molar-refractivity contribution in [3.63, 3.8) is 0 Å². The fraction of sp³-hybridized carbons (Fsp3) is 0. The molecule has 0 unspecified atom stereocenters. The van der Waals surface area contributed by atoms with Crippen molar-refractivity contribution in [3.8, 4) is 22.5 Å². The summed E-state index contributed by atoms with van der Waals surface area (Å²) in [7, 11) is -6.87. The molecule has 0 spiro atoms. The molecule has 0 saturated carbocycles. The van der Waals surface area contributed by atoms with Gasteiger partial charge in [0.15, 0.2) is 13.7 Å². The van der Waals surface area contributed by atoms with E-state index in [0.717, 1.165) is 4.57 Å². The summed E-state index contributed by atoms with van der Waals surface area (Å²) in [5.41, 5.74) is -9.33. The molecule has 0 radical (unpaired) electrons. The first-order valence-corrected chi connectivity index (χ1v) is 20.7. The van der Waals surface area contributed by atoms with Gasteiger partial charge in [-0.15, -0.1) is 0 Å². The van der Waals surface area contributed by atoms with Crippen molar-refractivity contribution >= 4 is 94.4 Å². The Kier molecular flexibility index (Phi) is 3.26. The standard InChI is InChI=1S/C60H40N2OSi/c1-4-19-41(20-5-1)42-21-18-26-47(39-42)64(44-22-6-2-7-23-44,45-24-8-3-9-25-45)46-37-35-43(36-38-46)61-53-31-14-12-29-50(53)52-40-56(60-58(59(52)61)51-30-13-17-34-57(51)63-60)62-54-32-15-10-27-48(54)49-28-11-16-33-55(49)62/h1-40H/i1D,2D,3D,4D,5D,6D,7D,8D,9D,10D,11D,12D,13D,14D,15D,16D,17D,18D,19D,20D,21D,22D,23D,24D,25D,26D,27D,28D,29D,30D,31D,32D,33D,34D,35D,36D,37D,38D,39D,40D. The van der Waals surface area contributed by atoms with Gasteiger partial charge in [0, 0.05) is 32.6 Å². The number of nitrogens with zero attached hydrogens (tertiary/aromatic N) is 2. The molecule has 4 heteroatoms. The van der Waals surface area contributed by atoms with Crippen LogP contribution in [0.15, 0.2) is 246 Å². The Hall–Kier alpha value is -8.18. The molecule has 0 aliphatic rings. The summed E-state index contributed by atoms with van der Waals surface area (Å²) >= 11 is 0. The van der Waals surface area contributed by atoms with Crippen LogP contribution in [0.5, 0.6) is 0 Å². The maximum atomic E-state index is 10.6. The molecule has 3 aromatic heterocycles. The van der Waals surface area contributed by atoms with Crippen LogP contribution < -0.4 is 20.7 Å². The zero-order valence-corrected chi connectivity index (χ0v) is 32.8. The van der Waals surface area contributed by atoms with Crippen LogP contribution in [0, 0.1) is 0 Å². The first-order chi connectivity index (χ1) is 48.4. The van der Waals surface area contributed by atoms with Crippen molar-refractivity contribution in [2.75, 3.05) is 0 Å². The molecule has 0 atom stereocenters. The molecule has 10 aromatic carbocycles. The Morgan fingerprint density at radius 2 is 0.828 bits per heavy atom. The summed E-state index contributed by atoms with van der Waals surface area (Å²) in [6.07, 6.45) is 0. The van der Waals surface area contributed by atoms with Gasteiger partial charge >= 0.3 is 0 Å². The molecule has 300 valence electrons. The summed E-state index contributed by atoms with van der Waals surface area (Å²) in [5, 5.41) is -9.88. The van der Waals surface area contributed by atoms with Gasteiger partial charge < -0.3 is 13.6 Å². The zero-order chi connectivity index (χ0) is 77.0. The van der Waals surface area contributed by atoms with E-state index < -0.39 is 359 Å². The van der Waals surface area contributed by atoms with Crippen molar-refractivity contribution < 1.29 is 59.2 Å². The van der Waals surface area contributed by atoms with Crippen molar-refractivity contribution in [1.29, 1.82) is 0 Å². The van der Waals surface area contributed by atoms with Crippen LogP contribution in [0.4, 0.5) is 0 Å². The van der Waals surface area contributed by atoms with Crippen molar-refractivity contribution in [2.24, 2.45) is 0 Å². The predicted molar refractivity (Wildman–Crippen MR) is 271 cm³/mol. The lowest BCUT2D eigenvalue weighted by Crippen LogP contribution is -2.74. The number of fused-ring (bicyclic) bond motifs is 10. The first-order valence-electron chi connectivity index (χ1n) is 38.7. The summed E-state index contributed by atoms with van der Waals surface area (Å²) in [6, 6.07) is -48.5. The fourth-order valence-electron chi connectivity index (χ4n) is 8.03. The molecule has 0 amide bonds. The zero-order valence-electron chi connectivity index (χ0n) is 71.8. The Bertz CT molecular complexity index is 6050. The van der Waals surface area contributed by atoms with Gasteiger partial charge in [-0.1, -0.05) is 199 Å². The lowest BCUT2D eigenvalue weighted by Gasteiger charge is -2.35. The molecule has 3 nitrogen and oxygen atoms in total. The summed E-state index contributed by atoms with van der Waals surface area (Å²) < 4.78 is 383. The highest BCUT2D eigenvalue weighted by atomic mass is 28.3. The van der Waals surface area contributed by atoms with Crippen LogP contribution >= 0.6 is 0 Å². The van der Waals surface area contributed by atoms with Crippen LogP contribution in [0.25, 0.3) is 88.1 Å². The van der Waals surface area contributed by atoms with Crippen molar-refractivity contribution in [1.82, 2.24) is 9.13 Å². The van der Waals surface area contributed by atoms with Gasteiger partial charge in [0.2, 0.25) is 0 Å². The monoisotopic (exact) mass is 873 g/mol. The normalized spacial score (nSPS) is 20.8. The molecule has 64 heavy (non-hydrogen) atoms. The highest BCUT2D eigenvalue weighted by Gasteiger charge is 2.41. The van der Waals surface area contributed by atoms with E-state index in [2.05, 4.69) is 0 Å². The SMILES string of the molecule is [2H]c1c([2H])c([2H])c(-c2c([2H])c([2H])c([2H])c([Si](c3c([2H])c([2H])c([2H])c([2H])c3[2H])(c3c([2H])c([2H])c([2H])c([2H])c3[2H])c3c([2H])c([2H])c(-n4c5c([2H])c([2H])c([2H])c([2H])c5c5c([2H])c(-n6c7c([2H])c([2H])c([2H])c([2H])c7c7c([2H])c([2H])c([2H])c([2H])c76)c6oc7c([2H])c([2H])c([2H])c([2H])c7c6c54)c([2H])c3[2H])c2[2H])c([2H])c1[2H]. The molecule has 13 rings (SSSR count). The molecule has 0 saturated heterocycles. The molecule has 0 aliphatic carbocycles. The Balaban J connectivity index is 1.36. The third-order valence-corrected chi connectivity index (χ3v) is 14.6.